The van der Waals surface area contributed by atoms with Gasteiger partial charge in [-0.2, -0.15) is 9.61 Å². The van der Waals surface area contributed by atoms with E-state index in [0.717, 1.165) is 0 Å². The van der Waals surface area contributed by atoms with Crippen molar-refractivity contribution in [3.63, 3.8) is 0 Å². The Morgan fingerprint density at radius 1 is 1.41 bits per heavy atom. The number of aromatic nitrogens is 4. The number of H-pyrrole nitrogens is 1. The number of aromatic amines is 1. The fourth-order valence-corrected chi connectivity index (χ4v) is 2.52. The van der Waals surface area contributed by atoms with Crippen LogP contribution in [0.15, 0.2) is 17.1 Å². The van der Waals surface area contributed by atoms with E-state index in [-0.39, 0.29) is 17.7 Å². The second-order valence-electron chi connectivity index (χ2n) is 6.85. The molecule has 2 aromatic rings. The molecule has 1 amide bonds. The summed E-state index contributed by atoms with van der Waals surface area (Å²) in [7, 11) is 0. The summed E-state index contributed by atoms with van der Waals surface area (Å²) in [6, 6.07) is 1.38. The van der Waals surface area contributed by atoms with E-state index in [1.165, 1.54) is 10.7 Å². The lowest BCUT2D eigenvalue weighted by molar-refractivity contribution is 0.0242. The molecule has 1 fully saturated rings. The van der Waals surface area contributed by atoms with Gasteiger partial charge >= 0.3 is 6.09 Å². The third-order valence-electron chi connectivity index (χ3n) is 3.59. The number of amides is 1. The highest BCUT2D eigenvalue weighted by molar-refractivity contribution is 5.68. The smallest absolute Gasteiger partial charge is 0.410 e. The predicted molar refractivity (Wildman–Crippen MR) is 101 cm³/mol. The second-order valence-corrected chi connectivity index (χ2v) is 6.85. The summed E-state index contributed by atoms with van der Waals surface area (Å²) < 4.78 is 12.4. The number of rotatable bonds is 2. The van der Waals surface area contributed by atoms with Gasteiger partial charge in [0.05, 0.1) is 25.5 Å². The first-order valence-corrected chi connectivity index (χ1v) is 9.08. The van der Waals surface area contributed by atoms with Gasteiger partial charge in [-0.3, -0.25) is 4.79 Å². The summed E-state index contributed by atoms with van der Waals surface area (Å²) in [5.41, 5.74) is -0.499. The molecular weight excluding hydrogens is 352 g/mol. The summed E-state index contributed by atoms with van der Waals surface area (Å²) in [5.74, 6) is 0.374. The van der Waals surface area contributed by atoms with Crippen LogP contribution in [0.25, 0.3) is 5.52 Å². The van der Waals surface area contributed by atoms with Crippen LogP contribution in [0.2, 0.25) is 0 Å². The molecule has 10 heteroatoms. The Kier molecular flexibility index (Phi) is 6.78. The number of nitrogens with one attached hydrogen (secondary N) is 2. The van der Waals surface area contributed by atoms with E-state index >= 15 is 0 Å². The molecule has 2 N–H and O–H groups in total. The molecule has 1 aliphatic heterocycles. The van der Waals surface area contributed by atoms with Crippen molar-refractivity contribution in [3.05, 3.63) is 22.6 Å². The van der Waals surface area contributed by atoms with E-state index in [0.29, 0.717) is 37.8 Å². The SMILES string of the molecule is CC.CC(C)(C)OC(=O)N1CCOCC(Nc2n[nH]c(=O)c3ccnn23)C1. The first-order valence-electron chi connectivity index (χ1n) is 9.08. The molecule has 0 bridgehead atoms. The maximum absolute atomic E-state index is 12.3. The van der Waals surface area contributed by atoms with Crippen molar-refractivity contribution in [1.29, 1.82) is 0 Å². The van der Waals surface area contributed by atoms with Gasteiger partial charge in [0.25, 0.3) is 5.56 Å². The van der Waals surface area contributed by atoms with Gasteiger partial charge in [-0.15, -0.1) is 5.10 Å². The minimum Gasteiger partial charge on any atom is -0.444 e. The van der Waals surface area contributed by atoms with Gasteiger partial charge in [-0.1, -0.05) is 13.8 Å². The van der Waals surface area contributed by atoms with E-state index in [4.69, 9.17) is 9.47 Å². The maximum Gasteiger partial charge on any atom is 0.410 e. The van der Waals surface area contributed by atoms with Crippen molar-refractivity contribution in [3.8, 4) is 0 Å². The summed E-state index contributed by atoms with van der Waals surface area (Å²) in [6.07, 6.45) is 1.14. The van der Waals surface area contributed by atoms with Crippen molar-refractivity contribution in [2.75, 3.05) is 31.6 Å². The molecule has 150 valence electrons. The molecule has 0 aromatic carbocycles. The van der Waals surface area contributed by atoms with Gasteiger partial charge in [0, 0.05) is 13.1 Å². The Morgan fingerprint density at radius 3 is 2.85 bits per heavy atom. The average Bonchev–Trinajstić information content (AvgIpc) is 2.99. The topological polar surface area (TPSA) is 114 Å². The largest absolute Gasteiger partial charge is 0.444 e. The van der Waals surface area contributed by atoms with Crippen molar-refractivity contribution in [2.24, 2.45) is 0 Å². The van der Waals surface area contributed by atoms with Crippen LogP contribution in [-0.4, -0.2) is 68.8 Å². The fraction of sp³-hybridized carbons (Fsp3) is 0.647. The highest BCUT2D eigenvalue weighted by Crippen LogP contribution is 2.13. The lowest BCUT2D eigenvalue weighted by atomic mass is 10.2. The van der Waals surface area contributed by atoms with Gasteiger partial charge in [0.15, 0.2) is 0 Å². The van der Waals surface area contributed by atoms with E-state index < -0.39 is 5.60 Å². The minimum absolute atomic E-state index is 0.221. The van der Waals surface area contributed by atoms with Gasteiger partial charge < -0.3 is 19.7 Å². The van der Waals surface area contributed by atoms with Crippen molar-refractivity contribution in [1.82, 2.24) is 24.7 Å². The molecule has 0 spiro atoms. The highest BCUT2D eigenvalue weighted by Gasteiger charge is 2.27. The van der Waals surface area contributed by atoms with E-state index in [9.17, 15) is 9.59 Å². The normalized spacial score (nSPS) is 17.7. The van der Waals surface area contributed by atoms with E-state index in [1.54, 1.807) is 11.0 Å². The van der Waals surface area contributed by atoms with Crippen LogP contribution in [0.3, 0.4) is 0 Å². The Hall–Kier alpha value is -2.62. The number of anilines is 1. The number of carbonyl (C=O) groups is 1. The van der Waals surface area contributed by atoms with Crippen molar-refractivity contribution in [2.45, 2.75) is 46.3 Å². The molecule has 0 aliphatic carbocycles. The number of hydrogen-bond acceptors (Lipinski definition) is 7. The Labute approximate surface area is 157 Å². The van der Waals surface area contributed by atoms with Crippen LogP contribution in [0, 0.1) is 0 Å². The molecule has 1 atom stereocenters. The average molecular weight is 380 g/mol. The molecule has 0 saturated carbocycles. The molecule has 1 aliphatic rings. The fourth-order valence-electron chi connectivity index (χ4n) is 2.52. The van der Waals surface area contributed by atoms with E-state index in [2.05, 4.69) is 20.6 Å². The maximum atomic E-state index is 12.3. The summed E-state index contributed by atoms with van der Waals surface area (Å²) in [6.45, 7) is 11.1. The van der Waals surface area contributed by atoms with Crippen LogP contribution in [0.4, 0.5) is 10.7 Å². The number of hydrogen-bond donors (Lipinski definition) is 2. The zero-order valence-electron chi connectivity index (χ0n) is 16.5. The second kappa shape index (κ2) is 8.85. The van der Waals surface area contributed by atoms with Gasteiger partial charge in [0.1, 0.15) is 11.1 Å². The molecule has 27 heavy (non-hydrogen) atoms. The molecule has 0 radical (unpaired) electrons. The third-order valence-corrected chi connectivity index (χ3v) is 3.59. The standard InChI is InChI=1S/C15H22N6O4.C2H6/c1-15(2,3)25-14(23)20-6-7-24-9-10(8-20)17-13-19-18-12(22)11-4-5-16-21(11)13;1-2/h4-5,10H,6-9H2,1-3H3,(H,17,19)(H,18,22);1-2H3. The lowest BCUT2D eigenvalue weighted by Crippen LogP contribution is -2.43. The summed E-state index contributed by atoms with van der Waals surface area (Å²) in [4.78, 5) is 25.6. The zero-order chi connectivity index (χ0) is 20.0. The molecule has 1 unspecified atom stereocenters. The van der Waals surface area contributed by atoms with Crippen LogP contribution < -0.4 is 10.9 Å². The Balaban J connectivity index is 0.00000126. The van der Waals surface area contributed by atoms with Crippen LogP contribution in [0.1, 0.15) is 34.6 Å². The van der Waals surface area contributed by atoms with Gasteiger partial charge in [0.2, 0.25) is 5.95 Å². The minimum atomic E-state index is -0.561. The number of fused-ring (bicyclic) bond motifs is 1. The van der Waals surface area contributed by atoms with Crippen molar-refractivity contribution >= 4 is 17.6 Å². The predicted octanol–water partition coefficient (Wildman–Crippen LogP) is 1.49. The molecule has 1 saturated heterocycles. The molecule has 2 aromatic heterocycles. The van der Waals surface area contributed by atoms with Gasteiger partial charge in [-0.05, 0) is 26.8 Å². The number of carbonyl (C=O) groups excluding carboxylic acids is 1. The molecule has 3 heterocycles. The summed E-state index contributed by atoms with van der Waals surface area (Å²) >= 11 is 0. The quantitative estimate of drug-likeness (QED) is 0.811. The lowest BCUT2D eigenvalue weighted by Gasteiger charge is -2.28. The van der Waals surface area contributed by atoms with Crippen LogP contribution >= 0.6 is 0 Å². The number of ether oxygens (including phenoxy) is 2. The number of nitrogens with zero attached hydrogens (tertiary/aromatic N) is 4. The highest BCUT2D eigenvalue weighted by atomic mass is 16.6. The third kappa shape index (κ3) is 5.43. The summed E-state index contributed by atoms with van der Waals surface area (Å²) in [5, 5.41) is 13.7. The first-order chi connectivity index (χ1) is 12.8. The van der Waals surface area contributed by atoms with Crippen LogP contribution in [-0.2, 0) is 9.47 Å². The van der Waals surface area contributed by atoms with E-state index in [1.807, 2.05) is 34.6 Å². The Bertz CT molecular complexity index is 810. The van der Waals surface area contributed by atoms with Gasteiger partial charge in [-0.25, -0.2) is 9.89 Å². The monoisotopic (exact) mass is 380 g/mol. The Morgan fingerprint density at radius 2 is 2.15 bits per heavy atom. The zero-order valence-corrected chi connectivity index (χ0v) is 16.5. The molecular formula is C17H28N6O4. The van der Waals surface area contributed by atoms with Crippen LogP contribution in [0.5, 0.6) is 0 Å². The first kappa shape index (κ1) is 20.7. The molecule has 3 rings (SSSR count). The van der Waals surface area contributed by atoms with Crippen molar-refractivity contribution < 1.29 is 14.3 Å². The molecule has 10 nitrogen and oxygen atoms in total.